The van der Waals surface area contributed by atoms with E-state index in [-0.39, 0.29) is 5.29 Å². The van der Waals surface area contributed by atoms with Gasteiger partial charge in [0.2, 0.25) is 5.29 Å². The van der Waals surface area contributed by atoms with Crippen molar-refractivity contribution >= 4 is 51.8 Å². The predicted octanol–water partition coefficient (Wildman–Crippen LogP) is 2.94. The highest BCUT2D eigenvalue weighted by Crippen LogP contribution is 2.24. The second kappa shape index (κ2) is 5.01. The van der Waals surface area contributed by atoms with E-state index in [1.54, 1.807) is 12.1 Å². The maximum Gasteiger partial charge on any atom is 0.213 e. The number of halogens is 3. The Balaban J connectivity index is 2.31. The summed E-state index contributed by atoms with van der Waals surface area (Å²) in [7, 11) is 0. The van der Waals surface area contributed by atoms with Gasteiger partial charge < -0.3 is 0 Å². The largest absolute Gasteiger partial charge is 0.279 e. The smallest absolute Gasteiger partial charge is 0.213 e. The van der Waals surface area contributed by atoms with Crippen LogP contribution in [0.3, 0.4) is 0 Å². The quantitative estimate of drug-likeness (QED) is 0.633. The van der Waals surface area contributed by atoms with Gasteiger partial charge in [-0.1, -0.05) is 23.7 Å². The van der Waals surface area contributed by atoms with Crippen LogP contribution in [-0.2, 0) is 0 Å². The highest BCUT2D eigenvalue weighted by Gasteiger charge is 2.14. The van der Waals surface area contributed by atoms with E-state index in [2.05, 4.69) is 15.4 Å². The molecule has 0 aromatic heterocycles. The summed E-state index contributed by atoms with van der Waals surface area (Å²) >= 11 is 17.4. The van der Waals surface area contributed by atoms with Crippen LogP contribution in [0.4, 0.5) is 5.69 Å². The lowest BCUT2D eigenvalue weighted by atomic mass is 10.3. The molecule has 0 bridgehead atoms. The second-order valence-electron chi connectivity index (χ2n) is 3.01. The molecule has 84 valence electrons. The first-order valence-corrected chi connectivity index (χ1v) is 5.51. The van der Waals surface area contributed by atoms with Crippen LogP contribution in [0, 0.1) is 0 Å². The van der Waals surface area contributed by atoms with Gasteiger partial charge in [0.15, 0.2) is 0 Å². The number of hydrogen-bond donors (Lipinski definition) is 1. The Hall–Kier alpha value is -0.810. The van der Waals surface area contributed by atoms with Gasteiger partial charge in [0.25, 0.3) is 0 Å². The van der Waals surface area contributed by atoms with Crippen molar-refractivity contribution in [3.05, 3.63) is 29.3 Å². The zero-order valence-corrected chi connectivity index (χ0v) is 10.3. The zero-order chi connectivity index (χ0) is 11.5. The number of nitrogens with zero attached hydrogens (tertiary/aromatic N) is 3. The Kier molecular flexibility index (Phi) is 3.66. The van der Waals surface area contributed by atoms with Gasteiger partial charge in [-0.3, -0.25) is 5.43 Å². The molecule has 1 aliphatic rings. The van der Waals surface area contributed by atoms with Crippen LogP contribution in [0.15, 0.2) is 34.3 Å². The number of para-hydroxylation sites is 1. The minimum Gasteiger partial charge on any atom is -0.279 e. The predicted molar refractivity (Wildman–Crippen MR) is 67.5 cm³/mol. The lowest BCUT2D eigenvalue weighted by Crippen LogP contribution is -2.40. The Morgan fingerprint density at radius 3 is 2.75 bits per heavy atom. The fourth-order valence-electron chi connectivity index (χ4n) is 1.18. The molecule has 0 aliphatic carbocycles. The van der Waals surface area contributed by atoms with Gasteiger partial charge in [-0.15, -0.1) is 4.53 Å². The van der Waals surface area contributed by atoms with Crippen LogP contribution < -0.4 is 5.43 Å². The average molecular weight is 278 g/mol. The minimum absolute atomic E-state index is 0.173. The van der Waals surface area contributed by atoms with Crippen LogP contribution >= 0.6 is 35.0 Å². The van der Waals surface area contributed by atoms with Crippen molar-refractivity contribution in [1.29, 1.82) is 0 Å². The molecule has 0 atom stereocenters. The van der Waals surface area contributed by atoms with Crippen LogP contribution in [-0.4, -0.2) is 22.2 Å². The molecular formula is C9H7Cl3N4. The first-order chi connectivity index (χ1) is 7.65. The molecule has 1 N–H and O–H groups in total. The summed E-state index contributed by atoms with van der Waals surface area (Å²) < 4.78 is 1.27. The number of benzene rings is 1. The van der Waals surface area contributed by atoms with Gasteiger partial charge in [-0.05, 0) is 23.7 Å². The topological polar surface area (TPSA) is 40.0 Å². The minimum atomic E-state index is 0.173. The van der Waals surface area contributed by atoms with E-state index < -0.39 is 0 Å². The Labute approximate surface area is 108 Å². The molecule has 16 heavy (non-hydrogen) atoms. The number of amidine groups is 2. The van der Waals surface area contributed by atoms with Crippen LogP contribution in [0.1, 0.15) is 0 Å². The summed E-state index contributed by atoms with van der Waals surface area (Å²) in [5.74, 6) is 0.492. The fraction of sp³-hybridized carbons (Fsp3) is 0.111. The van der Waals surface area contributed by atoms with E-state index in [1.165, 1.54) is 4.53 Å². The third-order valence-electron chi connectivity index (χ3n) is 1.82. The van der Waals surface area contributed by atoms with Gasteiger partial charge in [-0.25, -0.2) is 9.98 Å². The molecule has 0 fully saturated rings. The van der Waals surface area contributed by atoms with E-state index in [0.717, 1.165) is 0 Å². The molecule has 0 saturated carbocycles. The summed E-state index contributed by atoms with van der Waals surface area (Å²) in [5, 5.41) is 0.730. The third kappa shape index (κ3) is 2.86. The van der Waals surface area contributed by atoms with Crippen LogP contribution in [0.5, 0.6) is 0 Å². The maximum atomic E-state index is 5.97. The third-order valence-corrected chi connectivity index (χ3v) is 2.52. The maximum absolute atomic E-state index is 5.97. The van der Waals surface area contributed by atoms with Gasteiger partial charge in [0, 0.05) is 11.8 Å². The van der Waals surface area contributed by atoms with Crippen molar-refractivity contribution < 1.29 is 0 Å². The van der Waals surface area contributed by atoms with E-state index in [1.807, 2.05) is 12.1 Å². The summed E-state index contributed by atoms with van der Waals surface area (Å²) in [6, 6.07) is 7.22. The van der Waals surface area contributed by atoms with E-state index in [4.69, 9.17) is 35.0 Å². The SMILES string of the molecule is ClC1=NC(=Nc2ccccc2Cl)CN(Cl)N1. The molecule has 1 aliphatic heterocycles. The zero-order valence-electron chi connectivity index (χ0n) is 7.99. The lowest BCUT2D eigenvalue weighted by molar-refractivity contribution is 0.462. The molecular weight excluding hydrogens is 270 g/mol. The Bertz CT molecular complexity index is 458. The van der Waals surface area contributed by atoms with Crippen LogP contribution in [0.2, 0.25) is 5.02 Å². The van der Waals surface area contributed by atoms with Gasteiger partial charge in [0.1, 0.15) is 5.84 Å². The molecule has 0 amide bonds. The number of aliphatic imine (C=N–C) groups is 2. The highest BCUT2D eigenvalue weighted by atomic mass is 35.5. The average Bonchev–Trinajstić information content (AvgIpc) is 2.20. The molecule has 2 rings (SSSR count). The summed E-state index contributed by atoms with van der Waals surface area (Å²) in [6.45, 7) is 0.336. The summed E-state index contributed by atoms with van der Waals surface area (Å²) in [4.78, 5) is 8.27. The fourth-order valence-corrected chi connectivity index (χ4v) is 1.79. The van der Waals surface area contributed by atoms with Crippen molar-refractivity contribution in [2.75, 3.05) is 6.54 Å². The molecule has 1 heterocycles. The molecule has 0 unspecified atom stereocenters. The van der Waals surface area contributed by atoms with Crippen LogP contribution in [0.25, 0.3) is 0 Å². The lowest BCUT2D eigenvalue weighted by Gasteiger charge is -2.19. The number of rotatable bonds is 1. The molecule has 4 nitrogen and oxygen atoms in total. The molecule has 0 radical (unpaired) electrons. The molecule has 0 saturated heterocycles. The van der Waals surface area contributed by atoms with Crippen molar-refractivity contribution in [1.82, 2.24) is 9.95 Å². The molecule has 7 heteroatoms. The van der Waals surface area contributed by atoms with E-state index in [0.29, 0.717) is 23.1 Å². The monoisotopic (exact) mass is 276 g/mol. The van der Waals surface area contributed by atoms with Crippen molar-refractivity contribution in [3.63, 3.8) is 0 Å². The Morgan fingerprint density at radius 2 is 2.06 bits per heavy atom. The van der Waals surface area contributed by atoms with Gasteiger partial charge >= 0.3 is 0 Å². The molecule has 1 aromatic rings. The van der Waals surface area contributed by atoms with Crippen molar-refractivity contribution in [2.45, 2.75) is 0 Å². The number of nitrogens with one attached hydrogen (secondary N) is 1. The molecule has 1 aromatic carbocycles. The number of hydrogen-bond acceptors (Lipinski definition) is 3. The van der Waals surface area contributed by atoms with E-state index >= 15 is 0 Å². The first-order valence-electron chi connectivity index (χ1n) is 4.41. The second-order valence-corrected chi connectivity index (χ2v) is 4.19. The van der Waals surface area contributed by atoms with Gasteiger partial charge in [-0.2, -0.15) is 0 Å². The Morgan fingerprint density at radius 1 is 1.31 bits per heavy atom. The summed E-state index contributed by atoms with van der Waals surface area (Å²) in [6.07, 6.45) is 0. The first kappa shape index (κ1) is 11.7. The highest BCUT2D eigenvalue weighted by molar-refractivity contribution is 6.65. The number of hydrazine groups is 1. The normalized spacial score (nSPS) is 19.4. The molecule has 0 spiro atoms. The standard InChI is InChI=1S/C9H7Cl3N4/c10-6-3-1-2-4-7(6)13-8-5-16(12)15-9(11)14-8/h1-4H,5H2,(H,13,14,15). The summed E-state index contributed by atoms with van der Waals surface area (Å²) in [5.41, 5.74) is 3.25. The van der Waals surface area contributed by atoms with E-state index in [9.17, 15) is 0 Å². The van der Waals surface area contributed by atoms with Gasteiger partial charge in [0.05, 0.1) is 17.3 Å². The van der Waals surface area contributed by atoms with Crippen molar-refractivity contribution in [3.8, 4) is 0 Å². The van der Waals surface area contributed by atoms with Crippen molar-refractivity contribution in [2.24, 2.45) is 9.98 Å².